The van der Waals surface area contributed by atoms with E-state index in [1.807, 2.05) is 19.1 Å². The van der Waals surface area contributed by atoms with E-state index in [1.165, 1.54) is 38.1 Å². The highest BCUT2D eigenvalue weighted by Gasteiger charge is 2.23. The number of esters is 1. The molecule has 2 rings (SSSR count). The second kappa shape index (κ2) is 9.44. The molecule has 0 spiro atoms. The van der Waals surface area contributed by atoms with Gasteiger partial charge in [0.1, 0.15) is 6.04 Å². The average molecular weight is 418 g/mol. The van der Waals surface area contributed by atoms with Crippen molar-refractivity contribution >= 4 is 33.4 Å². The first-order valence-corrected chi connectivity index (χ1v) is 10.2. The number of amides is 1. The molecule has 0 bridgehead atoms. The fourth-order valence-electron chi connectivity index (χ4n) is 2.31. The molecular weight excluding hydrogens is 396 g/mol. The standard InChI is InChI=1S/C20H22N2O6S/c1-13-4-8-17(9-5-13)21-19(24)12-28-20(25)14(2)22-29(26,27)18-10-6-16(7-11-18)15(3)23/h4-11,14,22H,12H2,1-3H3,(H,21,24)/t14-/m0/s1. The lowest BCUT2D eigenvalue weighted by molar-refractivity contribution is -0.148. The average Bonchev–Trinajstić information content (AvgIpc) is 2.67. The first-order valence-electron chi connectivity index (χ1n) is 8.75. The number of benzene rings is 2. The SMILES string of the molecule is CC(=O)c1ccc(S(=O)(=O)N[C@@H](C)C(=O)OCC(=O)Nc2ccc(C)cc2)cc1. The van der Waals surface area contributed by atoms with Crippen LogP contribution in [0.2, 0.25) is 0 Å². The highest BCUT2D eigenvalue weighted by molar-refractivity contribution is 7.89. The van der Waals surface area contributed by atoms with Gasteiger partial charge in [-0.15, -0.1) is 0 Å². The molecule has 0 saturated carbocycles. The summed E-state index contributed by atoms with van der Waals surface area (Å²) in [4.78, 5) is 35.1. The van der Waals surface area contributed by atoms with Crippen molar-refractivity contribution in [3.05, 3.63) is 59.7 Å². The van der Waals surface area contributed by atoms with Crippen LogP contribution in [0.3, 0.4) is 0 Å². The van der Waals surface area contributed by atoms with E-state index in [1.54, 1.807) is 12.1 Å². The number of aryl methyl sites for hydroxylation is 1. The van der Waals surface area contributed by atoms with Gasteiger partial charge in [0.25, 0.3) is 5.91 Å². The van der Waals surface area contributed by atoms with Crippen molar-refractivity contribution in [2.45, 2.75) is 31.7 Å². The number of hydrogen-bond acceptors (Lipinski definition) is 6. The minimum absolute atomic E-state index is 0.0979. The quantitative estimate of drug-likeness (QED) is 0.500. The first-order chi connectivity index (χ1) is 13.6. The van der Waals surface area contributed by atoms with Crippen LogP contribution in [-0.4, -0.2) is 38.7 Å². The highest BCUT2D eigenvalue weighted by atomic mass is 32.2. The number of Topliss-reactive ketones (excluding diaryl/α,β-unsaturated/α-hetero) is 1. The molecule has 9 heteroatoms. The Hall–Kier alpha value is -3.04. The van der Waals surface area contributed by atoms with Crippen molar-refractivity contribution in [1.82, 2.24) is 4.72 Å². The Morgan fingerprint density at radius 2 is 1.59 bits per heavy atom. The van der Waals surface area contributed by atoms with Crippen LogP contribution in [-0.2, 0) is 24.3 Å². The van der Waals surface area contributed by atoms with Gasteiger partial charge in [0.05, 0.1) is 4.90 Å². The van der Waals surface area contributed by atoms with Crippen LogP contribution in [0, 0.1) is 6.92 Å². The first kappa shape index (κ1) is 22.3. The molecule has 0 radical (unpaired) electrons. The van der Waals surface area contributed by atoms with Crippen LogP contribution in [0.5, 0.6) is 0 Å². The van der Waals surface area contributed by atoms with Crippen LogP contribution in [0.4, 0.5) is 5.69 Å². The molecule has 0 aliphatic rings. The van der Waals surface area contributed by atoms with Crippen LogP contribution < -0.4 is 10.0 Å². The third-order valence-electron chi connectivity index (χ3n) is 3.94. The zero-order valence-electron chi connectivity index (χ0n) is 16.3. The zero-order valence-corrected chi connectivity index (χ0v) is 17.1. The third-order valence-corrected chi connectivity index (χ3v) is 5.49. The van der Waals surface area contributed by atoms with Gasteiger partial charge in [-0.1, -0.05) is 29.8 Å². The molecule has 1 atom stereocenters. The smallest absolute Gasteiger partial charge is 0.324 e. The minimum Gasteiger partial charge on any atom is -0.454 e. The zero-order chi connectivity index (χ0) is 21.6. The molecular formula is C20H22N2O6S. The summed E-state index contributed by atoms with van der Waals surface area (Å²) in [6, 6.07) is 11.2. The van der Waals surface area contributed by atoms with Crippen molar-refractivity contribution in [1.29, 1.82) is 0 Å². The topological polar surface area (TPSA) is 119 Å². The van der Waals surface area contributed by atoms with Gasteiger partial charge in [0.2, 0.25) is 10.0 Å². The van der Waals surface area contributed by atoms with Crippen LogP contribution in [0.25, 0.3) is 0 Å². The molecule has 0 saturated heterocycles. The van der Waals surface area contributed by atoms with E-state index in [-0.39, 0.29) is 10.7 Å². The van der Waals surface area contributed by atoms with Crippen LogP contribution in [0.15, 0.2) is 53.4 Å². The van der Waals surface area contributed by atoms with E-state index >= 15 is 0 Å². The fraction of sp³-hybridized carbons (Fsp3) is 0.250. The van der Waals surface area contributed by atoms with Gasteiger partial charge in [-0.2, -0.15) is 4.72 Å². The maximum atomic E-state index is 12.4. The van der Waals surface area contributed by atoms with E-state index in [4.69, 9.17) is 4.74 Å². The van der Waals surface area contributed by atoms with Crippen molar-refractivity contribution in [2.24, 2.45) is 0 Å². The maximum absolute atomic E-state index is 12.4. The van der Waals surface area contributed by atoms with Crippen molar-refractivity contribution in [3.63, 3.8) is 0 Å². The third kappa shape index (κ3) is 6.51. The number of carbonyl (C=O) groups excluding carboxylic acids is 3. The Morgan fingerprint density at radius 3 is 2.14 bits per heavy atom. The Kier molecular flexibility index (Phi) is 7.24. The Bertz CT molecular complexity index is 998. The van der Waals surface area contributed by atoms with Crippen LogP contribution >= 0.6 is 0 Å². The lowest BCUT2D eigenvalue weighted by Crippen LogP contribution is -2.40. The predicted octanol–water partition coefficient (Wildman–Crippen LogP) is 2.05. The van der Waals surface area contributed by atoms with Crippen molar-refractivity contribution in [3.8, 4) is 0 Å². The van der Waals surface area contributed by atoms with Gasteiger partial charge in [0, 0.05) is 11.3 Å². The van der Waals surface area contributed by atoms with E-state index in [2.05, 4.69) is 10.0 Å². The number of anilines is 1. The molecule has 2 aromatic rings. The van der Waals surface area contributed by atoms with Gasteiger partial charge in [0.15, 0.2) is 12.4 Å². The Balaban J connectivity index is 1.89. The molecule has 0 aromatic heterocycles. The summed E-state index contributed by atoms with van der Waals surface area (Å²) in [5.74, 6) is -1.63. The monoisotopic (exact) mass is 418 g/mol. The number of carbonyl (C=O) groups is 3. The Morgan fingerprint density at radius 1 is 1.00 bits per heavy atom. The maximum Gasteiger partial charge on any atom is 0.324 e. The van der Waals surface area contributed by atoms with Crippen LogP contribution in [0.1, 0.15) is 29.8 Å². The van der Waals surface area contributed by atoms with Gasteiger partial charge < -0.3 is 10.1 Å². The molecule has 8 nitrogen and oxygen atoms in total. The van der Waals surface area contributed by atoms with Gasteiger partial charge in [-0.05, 0) is 45.0 Å². The minimum atomic E-state index is -4.00. The summed E-state index contributed by atoms with van der Waals surface area (Å²) in [7, 11) is -4.00. The molecule has 0 aliphatic carbocycles. The number of hydrogen-bond donors (Lipinski definition) is 2. The van der Waals surface area contributed by atoms with E-state index in [0.717, 1.165) is 5.56 Å². The number of sulfonamides is 1. The fourth-order valence-corrected chi connectivity index (χ4v) is 3.51. The highest BCUT2D eigenvalue weighted by Crippen LogP contribution is 2.12. The van der Waals surface area contributed by atoms with E-state index < -0.39 is 34.5 Å². The number of nitrogens with one attached hydrogen (secondary N) is 2. The predicted molar refractivity (Wildman–Crippen MR) is 107 cm³/mol. The molecule has 0 heterocycles. The second-order valence-electron chi connectivity index (χ2n) is 6.45. The lowest BCUT2D eigenvalue weighted by Gasteiger charge is -2.14. The molecule has 0 fully saturated rings. The van der Waals surface area contributed by atoms with E-state index in [0.29, 0.717) is 11.3 Å². The summed E-state index contributed by atoms with van der Waals surface area (Å²) >= 11 is 0. The summed E-state index contributed by atoms with van der Waals surface area (Å²) in [5, 5.41) is 2.57. The molecule has 2 N–H and O–H groups in total. The largest absolute Gasteiger partial charge is 0.454 e. The molecule has 0 unspecified atom stereocenters. The molecule has 2 aromatic carbocycles. The van der Waals surface area contributed by atoms with Crippen molar-refractivity contribution in [2.75, 3.05) is 11.9 Å². The van der Waals surface area contributed by atoms with Crippen molar-refractivity contribution < 1.29 is 27.5 Å². The van der Waals surface area contributed by atoms with E-state index in [9.17, 15) is 22.8 Å². The molecule has 0 aliphatic heterocycles. The number of ketones is 1. The number of rotatable bonds is 8. The lowest BCUT2D eigenvalue weighted by atomic mass is 10.2. The summed E-state index contributed by atoms with van der Waals surface area (Å²) in [6.45, 7) is 4.04. The van der Waals surface area contributed by atoms with Gasteiger partial charge >= 0.3 is 5.97 Å². The number of ether oxygens (including phenoxy) is 1. The molecule has 29 heavy (non-hydrogen) atoms. The summed E-state index contributed by atoms with van der Waals surface area (Å²) in [5.41, 5.74) is 1.96. The Labute approximate surface area is 169 Å². The van der Waals surface area contributed by atoms with Gasteiger partial charge in [-0.25, -0.2) is 8.42 Å². The molecule has 1 amide bonds. The normalized spacial score (nSPS) is 12.1. The summed E-state index contributed by atoms with van der Waals surface area (Å²) in [6.07, 6.45) is 0. The second-order valence-corrected chi connectivity index (χ2v) is 8.16. The van der Waals surface area contributed by atoms with Gasteiger partial charge in [-0.3, -0.25) is 14.4 Å². The molecule has 154 valence electrons. The summed E-state index contributed by atoms with van der Waals surface area (Å²) < 4.78 is 31.8.